The lowest BCUT2D eigenvalue weighted by Crippen LogP contribution is -2.41. The normalized spacial score (nSPS) is 14.1. The molecule has 5 nitrogen and oxygen atoms in total. The first-order valence-corrected chi connectivity index (χ1v) is 10.1. The molecular formula is C24H24FN5. The van der Waals surface area contributed by atoms with Crippen LogP contribution in [0.25, 0.3) is 22.5 Å². The van der Waals surface area contributed by atoms with Crippen molar-refractivity contribution in [3.05, 3.63) is 71.5 Å². The molecule has 1 aromatic carbocycles. The third-order valence-corrected chi connectivity index (χ3v) is 5.40. The van der Waals surface area contributed by atoms with Crippen LogP contribution in [0.4, 0.5) is 4.39 Å². The molecule has 0 amide bonds. The fourth-order valence-electron chi connectivity index (χ4n) is 3.95. The third-order valence-electron chi connectivity index (χ3n) is 5.40. The molecule has 6 heteroatoms. The van der Waals surface area contributed by atoms with Crippen molar-refractivity contribution in [2.75, 3.05) is 6.54 Å². The van der Waals surface area contributed by atoms with Crippen LogP contribution < -0.4 is 0 Å². The van der Waals surface area contributed by atoms with Gasteiger partial charge in [0.15, 0.2) is 0 Å². The van der Waals surface area contributed by atoms with Crippen molar-refractivity contribution in [1.82, 2.24) is 19.4 Å². The van der Waals surface area contributed by atoms with Gasteiger partial charge in [-0.1, -0.05) is 19.1 Å². The van der Waals surface area contributed by atoms with Gasteiger partial charge in [0.05, 0.1) is 22.5 Å². The predicted molar refractivity (Wildman–Crippen MR) is 116 cm³/mol. The van der Waals surface area contributed by atoms with Crippen LogP contribution >= 0.6 is 0 Å². The van der Waals surface area contributed by atoms with Gasteiger partial charge in [-0.05, 0) is 57.0 Å². The largest absolute Gasteiger partial charge is 0.361 e. The highest BCUT2D eigenvalue weighted by atomic mass is 19.1. The maximum absolute atomic E-state index is 14.7. The van der Waals surface area contributed by atoms with Gasteiger partial charge in [0.1, 0.15) is 11.9 Å². The van der Waals surface area contributed by atoms with E-state index >= 15 is 0 Å². The molecule has 0 saturated heterocycles. The zero-order chi connectivity index (χ0) is 21.5. The Morgan fingerprint density at radius 3 is 2.57 bits per heavy atom. The number of hydrogen-bond donors (Lipinski definition) is 0. The number of nitriles is 1. The summed E-state index contributed by atoms with van der Waals surface area (Å²) in [5.41, 5.74) is 3.15. The highest BCUT2D eigenvalue weighted by Crippen LogP contribution is 2.38. The SMILES string of the molecule is CCc1cc2c(cc1F)c(C#N)c(C1=CC=CCN1C(C)(C)C)n2-c1ncccn1. The molecule has 0 N–H and O–H groups in total. The summed E-state index contributed by atoms with van der Waals surface area (Å²) in [4.78, 5) is 11.1. The quantitative estimate of drug-likeness (QED) is 0.619. The second kappa shape index (κ2) is 7.42. The lowest BCUT2D eigenvalue weighted by atomic mass is 10.00. The minimum atomic E-state index is -0.302. The molecule has 0 fully saturated rings. The van der Waals surface area contributed by atoms with Gasteiger partial charge in [0.2, 0.25) is 5.95 Å². The first kappa shape index (κ1) is 19.8. The Labute approximate surface area is 175 Å². The van der Waals surface area contributed by atoms with Crippen LogP contribution in [0, 0.1) is 17.1 Å². The van der Waals surface area contributed by atoms with Gasteiger partial charge in [0, 0.05) is 29.9 Å². The van der Waals surface area contributed by atoms with E-state index < -0.39 is 0 Å². The molecule has 0 unspecified atom stereocenters. The van der Waals surface area contributed by atoms with Crippen molar-refractivity contribution in [2.24, 2.45) is 0 Å². The molecule has 0 saturated carbocycles. The summed E-state index contributed by atoms with van der Waals surface area (Å²) >= 11 is 0. The molecule has 3 heterocycles. The average molecular weight is 401 g/mol. The minimum Gasteiger partial charge on any atom is -0.361 e. The van der Waals surface area contributed by atoms with E-state index in [4.69, 9.17) is 0 Å². The lowest BCUT2D eigenvalue weighted by Gasteiger charge is -2.40. The third kappa shape index (κ3) is 3.17. The molecule has 0 spiro atoms. The van der Waals surface area contributed by atoms with Crippen LogP contribution in [-0.2, 0) is 6.42 Å². The maximum atomic E-state index is 14.7. The minimum absolute atomic E-state index is 0.179. The lowest BCUT2D eigenvalue weighted by molar-refractivity contribution is 0.239. The highest BCUT2D eigenvalue weighted by Gasteiger charge is 2.31. The van der Waals surface area contributed by atoms with Crippen LogP contribution in [0.1, 0.15) is 44.5 Å². The zero-order valence-electron chi connectivity index (χ0n) is 17.6. The van der Waals surface area contributed by atoms with Gasteiger partial charge in [-0.15, -0.1) is 0 Å². The Morgan fingerprint density at radius 2 is 1.93 bits per heavy atom. The van der Waals surface area contributed by atoms with E-state index in [-0.39, 0.29) is 11.4 Å². The molecule has 0 bridgehead atoms. The monoisotopic (exact) mass is 401 g/mol. The highest BCUT2D eigenvalue weighted by molar-refractivity contribution is 5.94. The van der Waals surface area contributed by atoms with Crippen LogP contribution in [0.5, 0.6) is 0 Å². The number of fused-ring (bicyclic) bond motifs is 1. The number of allylic oxidation sites excluding steroid dienone is 2. The molecule has 2 aromatic heterocycles. The fourth-order valence-corrected chi connectivity index (χ4v) is 3.95. The number of aryl methyl sites for hydroxylation is 1. The average Bonchev–Trinajstić information content (AvgIpc) is 3.06. The molecule has 0 aliphatic carbocycles. The first-order valence-electron chi connectivity index (χ1n) is 10.1. The standard InChI is InChI=1S/C24H24FN5/c1-5-16-13-21-17(14-19(16)25)18(15-26)22(30(21)23-27-10-8-11-28-23)20-9-6-7-12-29(20)24(2,3)4/h6-11,13-14H,5,12H2,1-4H3. The summed E-state index contributed by atoms with van der Waals surface area (Å²) in [6.45, 7) is 9.02. The van der Waals surface area contributed by atoms with Crippen LogP contribution in [0.2, 0.25) is 0 Å². The predicted octanol–water partition coefficient (Wildman–Crippen LogP) is 5.00. The molecule has 152 valence electrons. The molecular weight excluding hydrogens is 377 g/mol. The number of hydrogen-bond acceptors (Lipinski definition) is 4. The molecule has 4 rings (SSSR count). The Hall–Kier alpha value is -3.46. The van der Waals surface area contributed by atoms with Crippen molar-refractivity contribution < 1.29 is 4.39 Å². The first-order chi connectivity index (χ1) is 14.4. The second-order valence-electron chi connectivity index (χ2n) is 8.30. The van der Waals surface area contributed by atoms with Gasteiger partial charge < -0.3 is 4.90 Å². The summed E-state index contributed by atoms with van der Waals surface area (Å²) in [6.07, 6.45) is 9.97. The van der Waals surface area contributed by atoms with Crippen LogP contribution in [0.3, 0.4) is 0 Å². The molecule has 1 aliphatic rings. The summed E-state index contributed by atoms with van der Waals surface area (Å²) < 4.78 is 16.6. The van der Waals surface area contributed by atoms with E-state index in [2.05, 4.69) is 47.8 Å². The van der Waals surface area contributed by atoms with Gasteiger partial charge in [0.25, 0.3) is 0 Å². The van der Waals surface area contributed by atoms with Gasteiger partial charge in [-0.25, -0.2) is 14.4 Å². The topological polar surface area (TPSA) is 57.7 Å². The Balaban J connectivity index is 2.15. The van der Waals surface area contributed by atoms with Gasteiger partial charge in [-0.2, -0.15) is 5.26 Å². The summed E-state index contributed by atoms with van der Waals surface area (Å²) in [7, 11) is 0. The van der Waals surface area contributed by atoms with E-state index in [0.29, 0.717) is 41.1 Å². The van der Waals surface area contributed by atoms with Gasteiger partial charge >= 0.3 is 0 Å². The number of rotatable bonds is 3. The van der Waals surface area contributed by atoms with Crippen LogP contribution in [0.15, 0.2) is 48.8 Å². The van der Waals surface area contributed by atoms with Crippen molar-refractivity contribution in [3.63, 3.8) is 0 Å². The molecule has 3 aromatic rings. The number of halogens is 1. The van der Waals surface area contributed by atoms with E-state index in [1.807, 2.05) is 29.7 Å². The maximum Gasteiger partial charge on any atom is 0.234 e. The fraction of sp³-hybridized carbons (Fsp3) is 0.292. The number of benzene rings is 1. The van der Waals surface area contributed by atoms with E-state index in [1.165, 1.54) is 6.07 Å². The van der Waals surface area contributed by atoms with E-state index in [1.54, 1.807) is 18.5 Å². The van der Waals surface area contributed by atoms with Crippen LogP contribution in [-0.4, -0.2) is 31.5 Å². The zero-order valence-corrected chi connectivity index (χ0v) is 17.6. The van der Waals surface area contributed by atoms with Crippen molar-refractivity contribution in [1.29, 1.82) is 5.26 Å². The summed E-state index contributed by atoms with van der Waals surface area (Å²) in [5, 5.41) is 10.7. The van der Waals surface area contributed by atoms with E-state index in [0.717, 1.165) is 11.2 Å². The van der Waals surface area contributed by atoms with Crippen molar-refractivity contribution in [3.8, 4) is 12.0 Å². The summed E-state index contributed by atoms with van der Waals surface area (Å²) in [5.74, 6) is 0.154. The van der Waals surface area contributed by atoms with Gasteiger partial charge in [-0.3, -0.25) is 4.57 Å². The second-order valence-corrected chi connectivity index (χ2v) is 8.30. The number of nitrogens with zero attached hydrogens (tertiary/aromatic N) is 5. The number of aromatic nitrogens is 3. The smallest absolute Gasteiger partial charge is 0.234 e. The molecule has 0 atom stereocenters. The summed E-state index contributed by atoms with van der Waals surface area (Å²) in [6, 6.07) is 7.36. The Kier molecular flexibility index (Phi) is 4.90. The van der Waals surface area contributed by atoms with Crippen molar-refractivity contribution in [2.45, 2.75) is 39.7 Å². The van der Waals surface area contributed by atoms with Crippen molar-refractivity contribution >= 4 is 16.6 Å². The Morgan fingerprint density at radius 1 is 1.20 bits per heavy atom. The molecule has 0 radical (unpaired) electrons. The molecule has 30 heavy (non-hydrogen) atoms. The molecule has 1 aliphatic heterocycles. The van der Waals surface area contributed by atoms with E-state index in [9.17, 15) is 9.65 Å². The Bertz CT molecular complexity index is 1210.